The van der Waals surface area contributed by atoms with Gasteiger partial charge in [0.2, 0.25) is 5.91 Å². The molecule has 0 fully saturated rings. The van der Waals surface area contributed by atoms with Crippen molar-refractivity contribution in [3.8, 4) is 0 Å². The Hall–Kier alpha value is -1.28. The van der Waals surface area contributed by atoms with Crippen LogP contribution in [0.25, 0.3) is 0 Å². The molecular weight excluding hydrogens is 339 g/mol. The third-order valence-electron chi connectivity index (χ3n) is 2.33. The highest BCUT2D eigenvalue weighted by atomic mass is 79.9. The minimum absolute atomic E-state index is 0.404. The maximum absolute atomic E-state index is 11.9. The van der Waals surface area contributed by atoms with E-state index in [-0.39, 0.29) is 0 Å². The fraction of sp³-hybridized carbons (Fsp3) is 0.417. The Kier molecular flexibility index (Phi) is 5.82. The number of nitrogens with zero attached hydrogens (tertiary/aromatic N) is 1. The van der Waals surface area contributed by atoms with Crippen molar-refractivity contribution in [3.05, 3.63) is 22.7 Å². The summed E-state index contributed by atoms with van der Waals surface area (Å²) in [4.78, 5) is 13.4. The molecule has 0 saturated heterocycles. The van der Waals surface area contributed by atoms with E-state index >= 15 is 0 Å². The van der Waals surface area contributed by atoms with Crippen molar-refractivity contribution in [2.45, 2.75) is 6.18 Å². The standard InChI is InChI=1S/C12H15BrF3N3O/c1-19(2)10-4-3-8(13)5-9(10)18-11(20)6-17-7-12(14,15)16/h3-5,17H,6-7H2,1-2H3,(H,18,20). The van der Waals surface area contributed by atoms with Crippen LogP contribution in [0.4, 0.5) is 24.5 Å². The lowest BCUT2D eigenvalue weighted by atomic mass is 10.2. The number of benzene rings is 1. The fourth-order valence-electron chi connectivity index (χ4n) is 1.51. The normalized spacial score (nSPS) is 11.3. The van der Waals surface area contributed by atoms with Gasteiger partial charge in [-0.25, -0.2) is 0 Å². The predicted octanol–water partition coefficient (Wildman–Crippen LogP) is 2.61. The molecule has 1 rings (SSSR count). The molecule has 1 aromatic rings. The van der Waals surface area contributed by atoms with E-state index in [2.05, 4.69) is 21.2 Å². The van der Waals surface area contributed by atoms with E-state index in [0.717, 1.165) is 10.2 Å². The number of nitrogens with one attached hydrogen (secondary N) is 2. The van der Waals surface area contributed by atoms with Crippen LogP contribution in [0, 0.1) is 0 Å². The molecule has 0 heterocycles. The van der Waals surface area contributed by atoms with Crippen molar-refractivity contribution < 1.29 is 18.0 Å². The summed E-state index contributed by atoms with van der Waals surface area (Å²) >= 11 is 3.28. The lowest BCUT2D eigenvalue weighted by Gasteiger charge is -2.18. The highest BCUT2D eigenvalue weighted by Gasteiger charge is 2.26. The first-order valence-electron chi connectivity index (χ1n) is 5.73. The van der Waals surface area contributed by atoms with Crippen molar-refractivity contribution in [1.29, 1.82) is 0 Å². The van der Waals surface area contributed by atoms with Gasteiger partial charge in [-0.3, -0.25) is 4.79 Å². The van der Waals surface area contributed by atoms with Gasteiger partial charge in [-0.15, -0.1) is 0 Å². The molecule has 112 valence electrons. The van der Waals surface area contributed by atoms with E-state index in [4.69, 9.17) is 0 Å². The first-order valence-corrected chi connectivity index (χ1v) is 6.52. The van der Waals surface area contributed by atoms with Gasteiger partial charge in [0.1, 0.15) is 0 Å². The number of rotatable bonds is 5. The molecule has 1 aromatic carbocycles. The second kappa shape index (κ2) is 6.94. The first-order chi connectivity index (χ1) is 9.19. The van der Waals surface area contributed by atoms with Gasteiger partial charge >= 0.3 is 6.18 Å². The zero-order chi connectivity index (χ0) is 15.3. The molecular formula is C12H15BrF3N3O. The topological polar surface area (TPSA) is 44.4 Å². The van der Waals surface area contributed by atoms with Gasteiger partial charge in [0.15, 0.2) is 0 Å². The predicted molar refractivity (Wildman–Crippen MR) is 76.0 cm³/mol. The minimum atomic E-state index is -4.33. The van der Waals surface area contributed by atoms with Crippen LogP contribution in [-0.4, -0.2) is 39.3 Å². The van der Waals surface area contributed by atoms with Crippen LogP contribution >= 0.6 is 15.9 Å². The Balaban J connectivity index is 2.64. The maximum Gasteiger partial charge on any atom is 0.401 e. The van der Waals surface area contributed by atoms with Gasteiger partial charge in [-0.05, 0) is 18.2 Å². The van der Waals surface area contributed by atoms with Gasteiger partial charge in [-0.2, -0.15) is 13.2 Å². The van der Waals surface area contributed by atoms with Gasteiger partial charge in [0.05, 0.1) is 24.5 Å². The third-order valence-corrected chi connectivity index (χ3v) is 2.82. The van der Waals surface area contributed by atoms with Crippen LogP contribution in [0.3, 0.4) is 0 Å². The van der Waals surface area contributed by atoms with E-state index in [1.165, 1.54) is 0 Å². The molecule has 8 heteroatoms. The smallest absolute Gasteiger partial charge is 0.376 e. The molecule has 0 aromatic heterocycles. The Morgan fingerprint density at radius 1 is 1.35 bits per heavy atom. The maximum atomic E-state index is 11.9. The molecule has 0 atom stereocenters. The zero-order valence-electron chi connectivity index (χ0n) is 11.0. The number of carbonyl (C=O) groups excluding carboxylic acids is 1. The quantitative estimate of drug-likeness (QED) is 0.855. The van der Waals surface area contributed by atoms with E-state index in [1.54, 1.807) is 31.1 Å². The van der Waals surface area contributed by atoms with E-state index in [1.807, 2.05) is 11.4 Å². The van der Waals surface area contributed by atoms with E-state index < -0.39 is 25.2 Å². The first kappa shape index (κ1) is 16.8. The van der Waals surface area contributed by atoms with Crippen molar-refractivity contribution >= 4 is 33.2 Å². The Labute approximate surface area is 123 Å². The monoisotopic (exact) mass is 353 g/mol. The molecule has 0 spiro atoms. The molecule has 0 bridgehead atoms. The highest BCUT2D eigenvalue weighted by Crippen LogP contribution is 2.27. The molecule has 0 aliphatic heterocycles. The number of amides is 1. The Morgan fingerprint density at radius 2 is 2.00 bits per heavy atom. The molecule has 0 unspecified atom stereocenters. The lowest BCUT2D eigenvalue weighted by Crippen LogP contribution is -2.35. The van der Waals surface area contributed by atoms with Gasteiger partial charge in [0.25, 0.3) is 0 Å². The number of hydrogen-bond donors (Lipinski definition) is 2. The second-order valence-electron chi connectivity index (χ2n) is 4.32. The molecule has 2 N–H and O–H groups in total. The van der Waals surface area contributed by atoms with E-state index in [0.29, 0.717) is 5.69 Å². The summed E-state index contributed by atoms with van der Waals surface area (Å²) in [7, 11) is 3.61. The zero-order valence-corrected chi connectivity index (χ0v) is 12.6. The lowest BCUT2D eigenvalue weighted by molar-refractivity contribution is -0.126. The van der Waals surface area contributed by atoms with Crippen LogP contribution in [0.15, 0.2) is 22.7 Å². The summed E-state index contributed by atoms with van der Waals surface area (Å²) in [6.45, 7) is -1.60. The summed E-state index contributed by atoms with van der Waals surface area (Å²) < 4.78 is 36.6. The second-order valence-corrected chi connectivity index (χ2v) is 5.24. The van der Waals surface area contributed by atoms with Crippen molar-refractivity contribution in [2.75, 3.05) is 37.4 Å². The Morgan fingerprint density at radius 3 is 2.55 bits per heavy atom. The molecule has 1 amide bonds. The van der Waals surface area contributed by atoms with Crippen molar-refractivity contribution in [3.63, 3.8) is 0 Å². The summed E-state index contributed by atoms with van der Waals surface area (Å²) in [6, 6.07) is 5.30. The summed E-state index contributed by atoms with van der Waals surface area (Å²) in [5.41, 5.74) is 1.29. The minimum Gasteiger partial charge on any atom is -0.376 e. The number of hydrogen-bond acceptors (Lipinski definition) is 3. The SMILES string of the molecule is CN(C)c1ccc(Br)cc1NC(=O)CNCC(F)(F)F. The summed E-state index contributed by atoms with van der Waals surface area (Å²) in [5, 5.41) is 4.62. The molecule has 20 heavy (non-hydrogen) atoms. The number of halogens is 4. The highest BCUT2D eigenvalue weighted by molar-refractivity contribution is 9.10. The van der Waals surface area contributed by atoms with Crippen LogP contribution in [0.5, 0.6) is 0 Å². The molecule has 0 aliphatic carbocycles. The Bertz CT molecular complexity index is 478. The molecule has 0 aliphatic rings. The third kappa shape index (κ3) is 5.79. The summed E-state index contributed by atoms with van der Waals surface area (Å²) in [5.74, 6) is -0.532. The number of alkyl halides is 3. The van der Waals surface area contributed by atoms with Gasteiger partial charge in [0, 0.05) is 18.6 Å². The average Bonchev–Trinajstić information content (AvgIpc) is 2.26. The fourth-order valence-corrected chi connectivity index (χ4v) is 1.87. The largest absolute Gasteiger partial charge is 0.401 e. The van der Waals surface area contributed by atoms with Gasteiger partial charge < -0.3 is 15.5 Å². The van der Waals surface area contributed by atoms with Crippen LogP contribution < -0.4 is 15.5 Å². The number of anilines is 2. The van der Waals surface area contributed by atoms with Crippen LogP contribution in [0.1, 0.15) is 0 Å². The van der Waals surface area contributed by atoms with Crippen LogP contribution in [0.2, 0.25) is 0 Å². The van der Waals surface area contributed by atoms with Crippen molar-refractivity contribution in [1.82, 2.24) is 5.32 Å². The molecule has 0 radical (unpaired) electrons. The summed E-state index contributed by atoms with van der Waals surface area (Å²) in [6.07, 6.45) is -4.33. The molecule has 4 nitrogen and oxygen atoms in total. The van der Waals surface area contributed by atoms with Gasteiger partial charge in [-0.1, -0.05) is 15.9 Å². The van der Waals surface area contributed by atoms with E-state index in [9.17, 15) is 18.0 Å². The van der Waals surface area contributed by atoms with Crippen molar-refractivity contribution in [2.24, 2.45) is 0 Å². The average molecular weight is 354 g/mol. The number of carbonyl (C=O) groups is 1. The molecule has 0 saturated carbocycles. The van der Waals surface area contributed by atoms with Crippen LogP contribution in [-0.2, 0) is 4.79 Å².